The highest BCUT2D eigenvalue weighted by Crippen LogP contribution is 2.41. The van der Waals surface area contributed by atoms with Crippen LogP contribution in [0.1, 0.15) is 34.9 Å². The summed E-state index contributed by atoms with van der Waals surface area (Å²) in [7, 11) is 0. The first-order chi connectivity index (χ1) is 9.24. The van der Waals surface area contributed by atoms with Crippen molar-refractivity contribution in [3.8, 4) is 0 Å². The smallest absolute Gasteiger partial charge is 0.273 e. The molecular formula is C13H13FN4O. The summed E-state index contributed by atoms with van der Waals surface area (Å²) in [5.74, 6) is -0.127. The van der Waals surface area contributed by atoms with Gasteiger partial charge in [-0.05, 0) is 36.5 Å². The van der Waals surface area contributed by atoms with Crippen LogP contribution in [0, 0.1) is 11.7 Å². The Kier molecular flexibility index (Phi) is 2.98. The number of benzene rings is 1. The third-order valence-corrected chi connectivity index (χ3v) is 3.26. The zero-order valence-electron chi connectivity index (χ0n) is 10.1. The minimum absolute atomic E-state index is 0.0928. The molecule has 1 aliphatic carbocycles. The maximum atomic E-state index is 12.9. The van der Waals surface area contributed by atoms with E-state index in [4.69, 9.17) is 0 Å². The van der Waals surface area contributed by atoms with E-state index >= 15 is 0 Å². The molecule has 1 aromatic heterocycles. The minimum atomic E-state index is -0.277. The van der Waals surface area contributed by atoms with Gasteiger partial charge >= 0.3 is 0 Å². The Morgan fingerprint density at radius 1 is 1.37 bits per heavy atom. The van der Waals surface area contributed by atoms with Gasteiger partial charge in [0.05, 0.1) is 12.2 Å². The van der Waals surface area contributed by atoms with Crippen molar-refractivity contribution in [2.75, 3.05) is 0 Å². The number of amides is 1. The lowest BCUT2D eigenvalue weighted by Gasteiger charge is -2.18. The van der Waals surface area contributed by atoms with Crippen LogP contribution in [0.25, 0.3) is 0 Å². The summed E-state index contributed by atoms with van der Waals surface area (Å²) in [4.78, 5) is 12.0. The average Bonchev–Trinajstić information content (AvgIpc) is 3.10. The summed E-state index contributed by atoms with van der Waals surface area (Å²) in [6.45, 7) is 0. The number of aromatic amines is 1. The minimum Gasteiger partial charge on any atom is -0.344 e. The molecule has 0 unspecified atom stereocenters. The van der Waals surface area contributed by atoms with E-state index in [-0.39, 0.29) is 23.5 Å². The molecule has 1 saturated carbocycles. The van der Waals surface area contributed by atoms with Gasteiger partial charge in [-0.25, -0.2) is 4.39 Å². The van der Waals surface area contributed by atoms with Crippen LogP contribution in [-0.2, 0) is 0 Å². The zero-order valence-corrected chi connectivity index (χ0v) is 10.1. The van der Waals surface area contributed by atoms with Gasteiger partial charge in [-0.15, -0.1) is 0 Å². The lowest BCUT2D eigenvalue weighted by molar-refractivity contribution is 0.0926. The second-order valence-corrected chi connectivity index (χ2v) is 4.70. The summed E-state index contributed by atoms with van der Waals surface area (Å²) in [6.07, 6.45) is 3.52. The number of nitrogens with zero attached hydrogens (tertiary/aromatic N) is 2. The van der Waals surface area contributed by atoms with Crippen molar-refractivity contribution in [1.82, 2.24) is 20.7 Å². The lowest BCUT2D eigenvalue weighted by atomic mass is 10.0. The Bertz CT molecular complexity index is 563. The molecule has 0 spiro atoms. The number of aromatic nitrogens is 3. The molecule has 5 nitrogen and oxygen atoms in total. The number of nitrogens with one attached hydrogen (secondary N) is 2. The summed E-state index contributed by atoms with van der Waals surface area (Å²) >= 11 is 0. The van der Waals surface area contributed by atoms with Crippen LogP contribution in [0.3, 0.4) is 0 Å². The molecule has 0 radical (unpaired) electrons. The Morgan fingerprint density at radius 3 is 2.68 bits per heavy atom. The molecule has 1 amide bonds. The average molecular weight is 260 g/mol. The number of hydrogen-bond acceptors (Lipinski definition) is 3. The van der Waals surface area contributed by atoms with E-state index in [1.807, 2.05) is 0 Å². The van der Waals surface area contributed by atoms with Crippen LogP contribution >= 0.6 is 0 Å². The molecule has 98 valence electrons. The second kappa shape index (κ2) is 4.79. The first-order valence-electron chi connectivity index (χ1n) is 6.16. The molecule has 1 aliphatic rings. The van der Waals surface area contributed by atoms with Crippen molar-refractivity contribution in [3.63, 3.8) is 0 Å². The van der Waals surface area contributed by atoms with Gasteiger partial charge < -0.3 is 5.32 Å². The fourth-order valence-corrected chi connectivity index (χ4v) is 2.10. The second-order valence-electron chi connectivity index (χ2n) is 4.70. The number of carbonyl (C=O) groups excluding carboxylic acids is 1. The van der Waals surface area contributed by atoms with Crippen molar-refractivity contribution >= 4 is 5.91 Å². The van der Waals surface area contributed by atoms with E-state index in [0.717, 1.165) is 18.4 Å². The van der Waals surface area contributed by atoms with E-state index in [2.05, 4.69) is 20.7 Å². The van der Waals surface area contributed by atoms with Gasteiger partial charge in [0.2, 0.25) is 0 Å². The van der Waals surface area contributed by atoms with E-state index in [1.165, 1.54) is 18.3 Å². The number of hydrogen-bond donors (Lipinski definition) is 2. The highest BCUT2D eigenvalue weighted by Gasteiger charge is 2.33. The fraction of sp³-hybridized carbons (Fsp3) is 0.308. The number of rotatable bonds is 4. The van der Waals surface area contributed by atoms with Gasteiger partial charge in [0, 0.05) is 0 Å². The largest absolute Gasteiger partial charge is 0.344 e. The van der Waals surface area contributed by atoms with E-state index in [1.54, 1.807) is 12.1 Å². The van der Waals surface area contributed by atoms with Gasteiger partial charge in [0.1, 0.15) is 5.82 Å². The Balaban J connectivity index is 1.78. The van der Waals surface area contributed by atoms with Gasteiger partial charge in [-0.1, -0.05) is 12.1 Å². The SMILES string of the molecule is O=C(N[C@@H](c1ccc(F)cc1)C1CC1)c1cn[nH]n1. The Labute approximate surface area is 109 Å². The highest BCUT2D eigenvalue weighted by molar-refractivity contribution is 5.92. The Hall–Kier alpha value is -2.24. The molecule has 1 heterocycles. The molecule has 0 saturated heterocycles. The molecule has 3 rings (SSSR count). The molecule has 0 bridgehead atoms. The predicted octanol–water partition coefficient (Wildman–Crippen LogP) is 1.82. The van der Waals surface area contributed by atoms with Crippen molar-refractivity contribution in [1.29, 1.82) is 0 Å². The summed E-state index contributed by atoms with van der Waals surface area (Å²) < 4.78 is 12.9. The monoisotopic (exact) mass is 260 g/mol. The fourth-order valence-electron chi connectivity index (χ4n) is 2.10. The lowest BCUT2D eigenvalue weighted by Crippen LogP contribution is -2.30. The molecule has 1 fully saturated rings. The van der Waals surface area contributed by atoms with Crippen LogP contribution in [0.5, 0.6) is 0 Å². The topological polar surface area (TPSA) is 70.7 Å². The molecule has 0 aliphatic heterocycles. The van der Waals surface area contributed by atoms with E-state index < -0.39 is 0 Å². The summed E-state index contributed by atoms with van der Waals surface area (Å²) in [5, 5.41) is 12.7. The Morgan fingerprint density at radius 2 is 2.11 bits per heavy atom. The van der Waals surface area contributed by atoms with E-state index in [9.17, 15) is 9.18 Å². The van der Waals surface area contributed by atoms with Crippen molar-refractivity contribution in [2.45, 2.75) is 18.9 Å². The van der Waals surface area contributed by atoms with E-state index in [0.29, 0.717) is 5.92 Å². The highest BCUT2D eigenvalue weighted by atomic mass is 19.1. The normalized spacial score (nSPS) is 16.1. The third-order valence-electron chi connectivity index (χ3n) is 3.26. The maximum absolute atomic E-state index is 12.9. The first-order valence-corrected chi connectivity index (χ1v) is 6.16. The standard InChI is InChI=1S/C13H13FN4O/c14-10-5-3-9(4-6-10)12(8-1-2-8)16-13(19)11-7-15-18-17-11/h3-8,12H,1-2H2,(H,16,19)(H,15,17,18)/t12-/m1/s1. The molecule has 1 aromatic carbocycles. The van der Waals surface area contributed by atoms with Gasteiger partial charge in [0.25, 0.3) is 5.91 Å². The van der Waals surface area contributed by atoms with Crippen LogP contribution in [0.2, 0.25) is 0 Å². The van der Waals surface area contributed by atoms with Gasteiger partial charge in [-0.2, -0.15) is 15.4 Å². The van der Waals surface area contributed by atoms with Crippen LogP contribution < -0.4 is 5.32 Å². The molecule has 6 heteroatoms. The first kappa shape index (κ1) is 11.8. The van der Waals surface area contributed by atoms with Crippen LogP contribution in [-0.4, -0.2) is 21.3 Å². The quantitative estimate of drug-likeness (QED) is 0.881. The molecular weight excluding hydrogens is 247 g/mol. The molecule has 19 heavy (non-hydrogen) atoms. The van der Waals surface area contributed by atoms with Crippen molar-refractivity contribution < 1.29 is 9.18 Å². The van der Waals surface area contributed by atoms with Crippen molar-refractivity contribution in [2.24, 2.45) is 5.92 Å². The van der Waals surface area contributed by atoms with Crippen LogP contribution in [0.4, 0.5) is 4.39 Å². The molecule has 1 atom stereocenters. The number of H-pyrrole nitrogens is 1. The maximum Gasteiger partial charge on any atom is 0.273 e. The van der Waals surface area contributed by atoms with Crippen LogP contribution in [0.15, 0.2) is 30.5 Å². The summed E-state index contributed by atoms with van der Waals surface area (Å²) in [6, 6.07) is 6.15. The predicted molar refractivity (Wildman–Crippen MR) is 65.7 cm³/mol. The van der Waals surface area contributed by atoms with Gasteiger partial charge in [0.15, 0.2) is 5.69 Å². The van der Waals surface area contributed by atoms with Gasteiger partial charge in [-0.3, -0.25) is 4.79 Å². The van der Waals surface area contributed by atoms with Crippen molar-refractivity contribution in [3.05, 3.63) is 47.5 Å². The summed E-state index contributed by atoms with van der Waals surface area (Å²) in [5.41, 5.74) is 1.17. The molecule has 2 aromatic rings. The zero-order chi connectivity index (χ0) is 13.2. The molecule has 2 N–H and O–H groups in total. The number of halogens is 1. The third kappa shape index (κ3) is 2.62. The number of carbonyl (C=O) groups is 1.